The zero-order valence-electron chi connectivity index (χ0n) is 20.2. The first-order valence-electron chi connectivity index (χ1n) is 12.2. The number of benzene rings is 3. The summed E-state index contributed by atoms with van der Waals surface area (Å²) in [4.78, 5) is 19.7. The summed E-state index contributed by atoms with van der Waals surface area (Å²) in [6.07, 6.45) is 0.646. The predicted molar refractivity (Wildman–Crippen MR) is 138 cm³/mol. The lowest BCUT2D eigenvalue weighted by Crippen LogP contribution is -2.26. The van der Waals surface area contributed by atoms with Crippen molar-refractivity contribution in [1.82, 2.24) is 9.55 Å². The van der Waals surface area contributed by atoms with E-state index in [-0.39, 0.29) is 18.4 Å². The third-order valence-electron chi connectivity index (χ3n) is 6.66. The van der Waals surface area contributed by atoms with Gasteiger partial charge in [-0.1, -0.05) is 43.3 Å². The van der Waals surface area contributed by atoms with Crippen molar-refractivity contribution in [1.29, 1.82) is 0 Å². The lowest BCUT2D eigenvalue weighted by molar-refractivity contribution is -0.117. The van der Waals surface area contributed by atoms with Crippen LogP contribution < -0.4 is 9.64 Å². The lowest BCUT2D eigenvalue weighted by Gasteiger charge is -2.19. The Morgan fingerprint density at radius 3 is 2.66 bits per heavy atom. The number of aliphatic hydroxyl groups excluding tert-OH is 1. The van der Waals surface area contributed by atoms with Gasteiger partial charge in [-0.15, -0.1) is 0 Å². The molecule has 3 aromatic carbocycles. The number of aliphatic hydroxyl groups is 1. The zero-order chi connectivity index (χ0) is 24.4. The van der Waals surface area contributed by atoms with Crippen LogP contribution in [0.15, 0.2) is 72.8 Å². The monoisotopic (exact) mass is 469 g/mol. The van der Waals surface area contributed by atoms with Gasteiger partial charge in [0.1, 0.15) is 24.3 Å². The molecular weight excluding hydrogens is 438 g/mol. The summed E-state index contributed by atoms with van der Waals surface area (Å²) in [5.41, 5.74) is 5.10. The van der Waals surface area contributed by atoms with E-state index in [2.05, 4.69) is 23.6 Å². The first kappa shape index (κ1) is 23.1. The van der Waals surface area contributed by atoms with Crippen molar-refractivity contribution in [3.63, 3.8) is 0 Å². The van der Waals surface area contributed by atoms with Crippen LogP contribution in [0, 0.1) is 6.92 Å². The Kier molecular flexibility index (Phi) is 6.55. The molecule has 1 amide bonds. The smallest absolute Gasteiger partial charge is 0.227 e. The average molecular weight is 470 g/mol. The molecule has 180 valence electrons. The number of amides is 1. The summed E-state index contributed by atoms with van der Waals surface area (Å²) in [5.74, 6) is 1.62. The molecular formula is C29H31N3O3. The summed E-state index contributed by atoms with van der Waals surface area (Å²) >= 11 is 0. The van der Waals surface area contributed by atoms with E-state index in [4.69, 9.17) is 9.72 Å². The van der Waals surface area contributed by atoms with Gasteiger partial charge >= 0.3 is 0 Å². The van der Waals surface area contributed by atoms with Crippen LogP contribution in [0.2, 0.25) is 0 Å². The minimum atomic E-state index is -0.721. The minimum Gasteiger partial charge on any atom is -0.491 e. The van der Waals surface area contributed by atoms with Gasteiger partial charge in [0.2, 0.25) is 5.91 Å². The quantitative estimate of drug-likeness (QED) is 0.400. The largest absolute Gasteiger partial charge is 0.491 e. The third kappa shape index (κ3) is 4.93. The van der Waals surface area contributed by atoms with Crippen LogP contribution in [0.5, 0.6) is 5.75 Å². The molecule has 0 radical (unpaired) electrons. The Morgan fingerprint density at radius 2 is 1.89 bits per heavy atom. The molecule has 35 heavy (non-hydrogen) atoms. The van der Waals surface area contributed by atoms with E-state index >= 15 is 0 Å². The van der Waals surface area contributed by atoms with E-state index < -0.39 is 6.10 Å². The van der Waals surface area contributed by atoms with Crippen LogP contribution in [0.3, 0.4) is 0 Å². The molecule has 6 heteroatoms. The van der Waals surface area contributed by atoms with Gasteiger partial charge in [-0.3, -0.25) is 4.79 Å². The molecule has 1 fully saturated rings. The molecule has 2 heterocycles. The third-order valence-corrected chi connectivity index (χ3v) is 6.66. The van der Waals surface area contributed by atoms with Gasteiger partial charge in [-0.05, 0) is 60.9 Å². The van der Waals surface area contributed by atoms with Gasteiger partial charge < -0.3 is 19.3 Å². The summed E-state index contributed by atoms with van der Waals surface area (Å²) in [7, 11) is 0. The Labute approximate surface area is 205 Å². The molecule has 1 saturated heterocycles. The lowest BCUT2D eigenvalue weighted by atomic mass is 10.1. The first-order valence-corrected chi connectivity index (χ1v) is 12.2. The van der Waals surface area contributed by atoms with Crippen LogP contribution >= 0.6 is 0 Å². The van der Waals surface area contributed by atoms with Crippen molar-refractivity contribution < 1.29 is 14.6 Å². The molecule has 1 aliphatic heterocycles. The molecule has 1 aromatic heterocycles. The van der Waals surface area contributed by atoms with E-state index in [1.807, 2.05) is 72.5 Å². The van der Waals surface area contributed by atoms with Crippen LogP contribution in [-0.4, -0.2) is 39.8 Å². The average Bonchev–Trinajstić information content (AvgIpc) is 3.43. The molecule has 0 bridgehead atoms. The van der Waals surface area contributed by atoms with Crippen LogP contribution in [-0.2, 0) is 17.8 Å². The topological polar surface area (TPSA) is 67.6 Å². The standard InChI is InChI=1S/C29H31N3O3/c1-3-21-11-13-23(14-12-21)31-17-22(16-28(31)34)29-30-26-9-4-5-10-27(26)32(29)18-24(33)19-35-25-8-6-7-20(2)15-25/h4-15,22,24,33H,3,16-19H2,1-2H3/t22-,24-/m1/s1. The van der Waals surface area contributed by atoms with Gasteiger partial charge in [-0.2, -0.15) is 0 Å². The highest BCUT2D eigenvalue weighted by atomic mass is 16.5. The van der Waals surface area contributed by atoms with Crippen LogP contribution in [0.25, 0.3) is 11.0 Å². The normalized spacial score (nSPS) is 16.7. The van der Waals surface area contributed by atoms with Gasteiger partial charge in [0, 0.05) is 24.6 Å². The fraction of sp³-hybridized carbons (Fsp3) is 0.310. The van der Waals surface area contributed by atoms with Crippen molar-refractivity contribution in [2.45, 2.75) is 45.3 Å². The molecule has 0 aliphatic carbocycles. The van der Waals surface area contributed by atoms with E-state index in [9.17, 15) is 9.90 Å². The van der Waals surface area contributed by atoms with Gasteiger partial charge in [0.15, 0.2) is 0 Å². The second-order valence-electron chi connectivity index (χ2n) is 9.28. The number of nitrogens with zero attached hydrogens (tertiary/aromatic N) is 3. The summed E-state index contributed by atoms with van der Waals surface area (Å²) in [5, 5.41) is 10.9. The number of rotatable bonds is 8. The highest BCUT2D eigenvalue weighted by molar-refractivity contribution is 5.96. The predicted octanol–water partition coefficient (Wildman–Crippen LogP) is 4.87. The molecule has 0 saturated carbocycles. The Morgan fingerprint density at radius 1 is 1.09 bits per heavy atom. The second-order valence-corrected chi connectivity index (χ2v) is 9.28. The zero-order valence-corrected chi connectivity index (χ0v) is 20.2. The van der Waals surface area contributed by atoms with E-state index in [0.29, 0.717) is 19.5 Å². The molecule has 0 spiro atoms. The molecule has 4 aromatic rings. The van der Waals surface area contributed by atoms with E-state index in [1.165, 1.54) is 5.56 Å². The number of carbonyl (C=O) groups excluding carboxylic acids is 1. The van der Waals surface area contributed by atoms with Crippen molar-refractivity contribution in [2.24, 2.45) is 0 Å². The first-order chi connectivity index (χ1) is 17.0. The van der Waals surface area contributed by atoms with Crippen molar-refractivity contribution in [2.75, 3.05) is 18.1 Å². The molecule has 1 aliphatic rings. The van der Waals surface area contributed by atoms with Gasteiger partial charge in [0.25, 0.3) is 0 Å². The summed E-state index contributed by atoms with van der Waals surface area (Å²) in [6, 6.07) is 23.9. The number of aromatic nitrogens is 2. The maximum absolute atomic E-state index is 13.0. The molecule has 0 unspecified atom stereocenters. The Balaban J connectivity index is 1.37. The van der Waals surface area contributed by atoms with Crippen LogP contribution in [0.4, 0.5) is 5.69 Å². The van der Waals surface area contributed by atoms with Gasteiger partial charge in [0.05, 0.1) is 17.6 Å². The number of ether oxygens (including phenoxy) is 1. The van der Waals surface area contributed by atoms with Crippen molar-refractivity contribution in [3.05, 3.63) is 89.7 Å². The van der Waals surface area contributed by atoms with Gasteiger partial charge in [-0.25, -0.2) is 4.98 Å². The number of hydrogen-bond donors (Lipinski definition) is 1. The number of anilines is 1. The van der Waals surface area contributed by atoms with E-state index in [1.54, 1.807) is 0 Å². The molecule has 5 rings (SSSR count). The number of imidazole rings is 1. The molecule has 6 nitrogen and oxygen atoms in total. The summed E-state index contributed by atoms with van der Waals surface area (Å²) in [6.45, 7) is 5.23. The highest BCUT2D eigenvalue weighted by Gasteiger charge is 2.35. The van der Waals surface area contributed by atoms with E-state index in [0.717, 1.165) is 40.3 Å². The number of aryl methyl sites for hydroxylation is 2. The minimum absolute atomic E-state index is 0.0503. The fourth-order valence-corrected chi connectivity index (χ4v) is 4.80. The fourth-order valence-electron chi connectivity index (χ4n) is 4.80. The molecule has 1 N–H and O–H groups in total. The Bertz CT molecular complexity index is 1330. The number of fused-ring (bicyclic) bond motifs is 1. The number of carbonyl (C=O) groups is 1. The SMILES string of the molecule is CCc1ccc(N2C[C@H](c3nc4ccccc4n3C[C@@H](O)COc3cccc(C)c3)CC2=O)cc1. The van der Waals surface area contributed by atoms with Crippen molar-refractivity contribution in [3.8, 4) is 5.75 Å². The highest BCUT2D eigenvalue weighted by Crippen LogP contribution is 2.33. The maximum atomic E-state index is 13.0. The number of hydrogen-bond acceptors (Lipinski definition) is 4. The Hall–Kier alpha value is -3.64. The summed E-state index contributed by atoms with van der Waals surface area (Å²) < 4.78 is 7.90. The van der Waals surface area contributed by atoms with Crippen LogP contribution in [0.1, 0.15) is 36.2 Å². The second kappa shape index (κ2) is 9.92. The molecule has 2 atom stereocenters. The van der Waals surface area contributed by atoms with Crippen molar-refractivity contribution >= 4 is 22.6 Å². The maximum Gasteiger partial charge on any atom is 0.227 e. The number of para-hydroxylation sites is 2.